The van der Waals surface area contributed by atoms with Gasteiger partial charge in [0, 0.05) is 17.3 Å². The highest BCUT2D eigenvalue weighted by atomic mass is 32.2. The Balaban J connectivity index is 1.75. The van der Waals surface area contributed by atoms with Gasteiger partial charge in [-0.2, -0.15) is 0 Å². The second-order valence-electron chi connectivity index (χ2n) is 6.39. The lowest BCUT2D eigenvalue weighted by atomic mass is 10.1. The van der Waals surface area contributed by atoms with E-state index in [1.165, 1.54) is 18.2 Å². The fourth-order valence-corrected chi connectivity index (χ4v) is 3.69. The number of carbonyl (C=O) groups excluding carboxylic acids is 3. The average Bonchev–Trinajstić information content (AvgIpc) is 2.97. The summed E-state index contributed by atoms with van der Waals surface area (Å²) in [6.07, 6.45) is 1.55. The molecule has 0 atom stereocenters. The van der Waals surface area contributed by atoms with Crippen molar-refractivity contribution < 1.29 is 28.2 Å². The van der Waals surface area contributed by atoms with E-state index in [0.717, 1.165) is 22.7 Å². The quantitative estimate of drug-likeness (QED) is 0.611. The Morgan fingerprint density at radius 1 is 1.13 bits per heavy atom. The maximum atomic E-state index is 13.3. The molecule has 2 aromatic carbocycles. The van der Waals surface area contributed by atoms with Gasteiger partial charge in [0.25, 0.3) is 11.1 Å². The highest BCUT2D eigenvalue weighted by Gasteiger charge is 2.36. The zero-order valence-corrected chi connectivity index (χ0v) is 17.8. The summed E-state index contributed by atoms with van der Waals surface area (Å²) in [5.41, 5.74) is 0.850. The number of thioether (sulfide) groups is 1. The Kier molecular flexibility index (Phi) is 7.30. The van der Waals surface area contributed by atoms with Crippen LogP contribution in [0.2, 0.25) is 0 Å². The highest BCUT2D eigenvalue weighted by Crippen LogP contribution is 2.35. The molecule has 3 rings (SSSR count). The van der Waals surface area contributed by atoms with E-state index in [1.807, 2.05) is 13.8 Å². The van der Waals surface area contributed by atoms with Gasteiger partial charge in [-0.25, -0.2) is 4.39 Å². The number of anilines is 1. The molecule has 31 heavy (non-hydrogen) atoms. The first kappa shape index (κ1) is 22.4. The lowest BCUT2D eigenvalue weighted by molar-refractivity contribution is -0.127. The van der Waals surface area contributed by atoms with Crippen LogP contribution in [0, 0.1) is 5.82 Å². The third kappa shape index (κ3) is 5.64. The van der Waals surface area contributed by atoms with Crippen molar-refractivity contribution in [1.82, 2.24) is 4.90 Å². The number of amides is 3. The number of benzene rings is 2. The van der Waals surface area contributed by atoms with E-state index in [1.54, 1.807) is 24.3 Å². The molecule has 0 bridgehead atoms. The Morgan fingerprint density at radius 3 is 2.61 bits per heavy atom. The van der Waals surface area contributed by atoms with E-state index in [9.17, 15) is 18.8 Å². The average molecular weight is 444 g/mol. The van der Waals surface area contributed by atoms with E-state index in [0.29, 0.717) is 30.3 Å². The highest BCUT2D eigenvalue weighted by molar-refractivity contribution is 8.18. The molecular weight excluding hydrogens is 423 g/mol. The van der Waals surface area contributed by atoms with Crippen LogP contribution in [0.25, 0.3) is 6.08 Å². The van der Waals surface area contributed by atoms with E-state index in [-0.39, 0.29) is 10.6 Å². The standard InChI is InChI=1S/C22H21FN2O5S/c1-3-29-17-9-8-14(18(12-17)30-4-2)10-19-21(27)25(22(28)31-19)13-20(26)24-16-7-5-6-15(23)11-16/h5-12H,3-4,13H2,1-2H3,(H,24,26)/b19-10+. The number of carbonyl (C=O) groups is 3. The summed E-state index contributed by atoms with van der Waals surface area (Å²) in [5, 5.41) is 1.91. The first-order valence-electron chi connectivity index (χ1n) is 9.61. The van der Waals surface area contributed by atoms with Crippen molar-refractivity contribution in [2.45, 2.75) is 13.8 Å². The second-order valence-corrected chi connectivity index (χ2v) is 7.39. The summed E-state index contributed by atoms with van der Waals surface area (Å²) in [6.45, 7) is 4.15. The number of nitrogens with one attached hydrogen (secondary N) is 1. The molecule has 1 aliphatic heterocycles. The molecule has 0 radical (unpaired) electrons. The van der Waals surface area contributed by atoms with Crippen molar-refractivity contribution in [2.75, 3.05) is 25.1 Å². The number of imide groups is 1. The first-order chi connectivity index (χ1) is 14.9. The van der Waals surface area contributed by atoms with Crippen molar-refractivity contribution in [2.24, 2.45) is 0 Å². The van der Waals surface area contributed by atoms with E-state index >= 15 is 0 Å². The zero-order chi connectivity index (χ0) is 22.4. The molecule has 0 spiro atoms. The van der Waals surface area contributed by atoms with Gasteiger partial charge in [0.05, 0.1) is 18.1 Å². The molecule has 1 fully saturated rings. The van der Waals surface area contributed by atoms with Crippen LogP contribution in [0.15, 0.2) is 47.4 Å². The predicted molar refractivity (Wildman–Crippen MR) is 116 cm³/mol. The van der Waals surface area contributed by atoms with Crippen LogP contribution in [0.4, 0.5) is 14.9 Å². The molecule has 1 N–H and O–H groups in total. The summed E-state index contributed by atoms with van der Waals surface area (Å²) in [5.74, 6) is -0.548. The van der Waals surface area contributed by atoms with Gasteiger partial charge in [-0.05, 0) is 62.0 Å². The number of halogens is 1. The van der Waals surface area contributed by atoms with E-state index < -0.39 is 29.4 Å². The summed E-state index contributed by atoms with van der Waals surface area (Å²) < 4.78 is 24.4. The lowest BCUT2D eigenvalue weighted by Gasteiger charge is -2.13. The van der Waals surface area contributed by atoms with Crippen LogP contribution < -0.4 is 14.8 Å². The number of ether oxygens (including phenoxy) is 2. The van der Waals surface area contributed by atoms with Crippen LogP contribution in [0.3, 0.4) is 0 Å². The Morgan fingerprint density at radius 2 is 1.90 bits per heavy atom. The second kappa shape index (κ2) is 10.1. The van der Waals surface area contributed by atoms with Gasteiger partial charge in [0.2, 0.25) is 5.91 Å². The maximum Gasteiger partial charge on any atom is 0.294 e. The van der Waals surface area contributed by atoms with E-state index in [2.05, 4.69) is 5.32 Å². The summed E-state index contributed by atoms with van der Waals surface area (Å²) in [6, 6.07) is 10.5. The molecule has 2 aromatic rings. The van der Waals surface area contributed by atoms with Crippen LogP contribution in [0.1, 0.15) is 19.4 Å². The predicted octanol–water partition coefficient (Wildman–Crippen LogP) is 4.30. The molecule has 9 heteroatoms. The maximum absolute atomic E-state index is 13.3. The molecule has 1 saturated heterocycles. The van der Waals surface area contributed by atoms with Crippen molar-refractivity contribution in [3.8, 4) is 11.5 Å². The van der Waals surface area contributed by atoms with Gasteiger partial charge in [0.1, 0.15) is 23.9 Å². The van der Waals surface area contributed by atoms with Gasteiger partial charge in [0.15, 0.2) is 0 Å². The van der Waals surface area contributed by atoms with Crippen LogP contribution in [0.5, 0.6) is 11.5 Å². The van der Waals surface area contributed by atoms with Crippen molar-refractivity contribution in [1.29, 1.82) is 0 Å². The van der Waals surface area contributed by atoms with Crippen LogP contribution >= 0.6 is 11.8 Å². The Hall–Kier alpha value is -3.33. The molecule has 3 amide bonds. The molecular formula is C22H21FN2O5S. The van der Waals surface area contributed by atoms with Crippen molar-refractivity contribution in [3.63, 3.8) is 0 Å². The third-order valence-corrected chi connectivity index (χ3v) is 5.07. The molecule has 1 heterocycles. The minimum Gasteiger partial charge on any atom is -0.494 e. The Bertz CT molecular complexity index is 1040. The van der Waals surface area contributed by atoms with Crippen LogP contribution in [-0.2, 0) is 9.59 Å². The van der Waals surface area contributed by atoms with Gasteiger partial charge < -0.3 is 14.8 Å². The van der Waals surface area contributed by atoms with Gasteiger partial charge in [-0.3, -0.25) is 19.3 Å². The zero-order valence-electron chi connectivity index (χ0n) is 17.0. The number of hydrogen-bond donors (Lipinski definition) is 1. The molecule has 7 nitrogen and oxygen atoms in total. The minimum absolute atomic E-state index is 0.175. The summed E-state index contributed by atoms with van der Waals surface area (Å²) >= 11 is 0.740. The first-order valence-corrected chi connectivity index (χ1v) is 10.4. The molecule has 0 saturated carbocycles. The van der Waals surface area contributed by atoms with Crippen molar-refractivity contribution in [3.05, 3.63) is 58.8 Å². The van der Waals surface area contributed by atoms with Crippen LogP contribution in [-0.4, -0.2) is 41.7 Å². The van der Waals surface area contributed by atoms with Crippen molar-refractivity contribution >= 4 is 40.6 Å². The van der Waals surface area contributed by atoms with Gasteiger partial charge >= 0.3 is 0 Å². The molecule has 0 aliphatic carbocycles. The molecule has 1 aliphatic rings. The molecule has 0 unspecified atom stereocenters. The largest absolute Gasteiger partial charge is 0.494 e. The number of rotatable bonds is 8. The smallest absolute Gasteiger partial charge is 0.294 e. The van der Waals surface area contributed by atoms with E-state index in [4.69, 9.17) is 9.47 Å². The topological polar surface area (TPSA) is 84.9 Å². The monoisotopic (exact) mass is 444 g/mol. The minimum atomic E-state index is -0.606. The normalized spacial score (nSPS) is 14.8. The Labute approximate surface area is 183 Å². The SMILES string of the molecule is CCOc1ccc(/C=C2/SC(=O)N(CC(=O)Nc3cccc(F)c3)C2=O)c(OCC)c1. The summed E-state index contributed by atoms with van der Waals surface area (Å²) in [7, 11) is 0. The number of nitrogens with zero attached hydrogens (tertiary/aromatic N) is 1. The third-order valence-electron chi connectivity index (χ3n) is 4.17. The molecule has 162 valence electrons. The molecule has 0 aromatic heterocycles. The van der Waals surface area contributed by atoms with Gasteiger partial charge in [-0.1, -0.05) is 6.07 Å². The fourth-order valence-electron chi connectivity index (χ4n) is 2.86. The number of hydrogen-bond acceptors (Lipinski definition) is 6. The summed E-state index contributed by atoms with van der Waals surface area (Å²) in [4.78, 5) is 38.3. The van der Waals surface area contributed by atoms with Gasteiger partial charge in [-0.15, -0.1) is 0 Å². The fraction of sp³-hybridized carbons (Fsp3) is 0.227. The lowest BCUT2D eigenvalue weighted by Crippen LogP contribution is -2.36.